The van der Waals surface area contributed by atoms with E-state index >= 15 is 0 Å². The standard InChI is InChI=1S/C25H30N6O3S/c32-25(23-19-26-31(28-23)20-10-4-1-5-11-20)27-22-18-21(35(33,34)30-16-8-3-9-17-30)12-13-24(22)29-14-6-2-7-15-29/h1,4-5,10-13,18-19H,2-3,6-9,14-17H2,(H,27,32). The second-order valence-electron chi connectivity index (χ2n) is 9.00. The molecule has 0 radical (unpaired) electrons. The number of rotatable bonds is 6. The number of carbonyl (C=O) groups excluding carboxylic acids is 1. The fourth-order valence-corrected chi connectivity index (χ4v) is 6.22. The van der Waals surface area contributed by atoms with Gasteiger partial charge in [0, 0.05) is 26.2 Å². The summed E-state index contributed by atoms with van der Waals surface area (Å²) in [6.45, 7) is 2.79. The van der Waals surface area contributed by atoms with E-state index in [9.17, 15) is 13.2 Å². The molecule has 3 heterocycles. The van der Waals surface area contributed by atoms with E-state index in [1.165, 1.54) is 17.4 Å². The Balaban J connectivity index is 1.45. The van der Waals surface area contributed by atoms with Crippen LogP contribution < -0.4 is 10.2 Å². The van der Waals surface area contributed by atoms with E-state index < -0.39 is 15.9 Å². The highest BCUT2D eigenvalue weighted by molar-refractivity contribution is 7.89. The second kappa shape index (κ2) is 10.2. The molecule has 2 aliphatic rings. The van der Waals surface area contributed by atoms with Gasteiger partial charge in [-0.1, -0.05) is 24.6 Å². The molecule has 5 rings (SSSR count). The van der Waals surface area contributed by atoms with Gasteiger partial charge in [0.15, 0.2) is 5.69 Å². The Kier molecular flexibility index (Phi) is 6.83. The molecule has 0 saturated carbocycles. The highest BCUT2D eigenvalue weighted by atomic mass is 32.2. The van der Waals surface area contributed by atoms with E-state index in [2.05, 4.69) is 20.4 Å². The second-order valence-corrected chi connectivity index (χ2v) is 10.9. The summed E-state index contributed by atoms with van der Waals surface area (Å²) >= 11 is 0. The number of nitrogens with zero attached hydrogens (tertiary/aromatic N) is 5. The predicted molar refractivity (Wildman–Crippen MR) is 134 cm³/mol. The van der Waals surface area contributed by atoms with Crippen molar-refractivity contribution in [1.29, 1.82) is 0 Å². The van der Waals surface area contributed by atoms with Crippen molar-refractivity contribution in [3.05, 3.63) is 60.4 Å². The monoisotopic (exact) mass is 494 g/mol. The molecular weight excluding hydrogens is 464 g/mol. The molecular formula is C25H30N6O3S. The van der Waals surface area contributed by atoms with Gasteiger partial charge < -0.3 is 10.2 Å². The number of piperidine rings is 2. The zero-order valence-electron chi connectivity index (χ0n) is 19.6. The molecule has 1 aromatic heterocycles. The molecule has 9 nitrogen and oxygen atoms in total. The molecule has 0 atom stereocenters. The summed E-state index contributed by atoms with van der Waals surface area (Å²) in [6.07, 6.45) is 7.49. The zero-order chi connectivity index (χ0) is 24.3. The predicted octanol–water partition coefficient (Wildman–Crippen LogP) is 3.68. The topological polar surface area (TPSA) is 100 Å². The molecule has 10 heteroatoms. The van der Waals surface area contributed by atoms with Gasteiger partial charge in [0.25, 0.3) is 5.91 Å². The number of hydrogen-bond donors (Lipinski definition) is 1. The van der Waals surface area contributed by atoms with Crippen LogP contribution in [0, 0.1) is 0 Å². The van der Waals surface area contributed by atoms with Crippen molar-refractivity contribution in [1.82, 2.24) is 19.3 Å². The smallest absolute Gasteiger partial charge is 0.277 e. The Bertz CT molecular complexity index is 1280. The average molecular weight is 495 g/mol. The van der Waals surface area contributed by atoms with E-state index in [1.807, 2.05) is 36.4 Å². The largest absolute Gasteiger partial charge is 0.370 e. The van der Waals surface area contributed by atoms with Crippen LogP contribution in [0.1, 0.15) is 49.0 Å². The van der Waals surface area contributed by atoms with E-state index in [1.54, 1.807) is 16.4 Å². The van der Waals surface area contributed by atoms with Crippen molar-refractivity contribution in [3.8, 4) is 5.69 Å². The summed E-state index contributed by atoms with van der Waals surface area (Å²) in [5.74, 6) is -0.432. The maximum absolute atomic E-state index is 13.3. The molecule has 1 amide bonds. The number of benzene rings is 2. The van der Waals surface area contributed by atoms with Crippen LogP contribution in [0.25, 0.3) is 5.69 Å². The summed E-state index contributed by atoms with van der Waals surface area (Å²) < 4.78 is 28.2. The van der Waals surface area contributed by atoms with Gasteiger partial charge in [-0.05, 0) is 62.4 Å². The molecule has 0 unspecified atom stereocenters. The number of hydrogen-bond acceptors (Lipinski definition) is 6. The van der Waals surface area contributed by atoms with Crippen LogP contribution in [-0.2, 0) is 10.0 Å². The Hall–Kier alpha value is -3.24. The van der Waals surface area contributed by atoms with Crippen LogP contribution >= 0.6 is 0 Å². The quantitative estimate of drug-likeness (QED) is 0.561. The maximum atomic E-state index is 13.3. The van der Waals surface area contributed by atoms with Gasteiger partial charge >= 0.3 is 0 Å². The van der Waals surface area contributed by atoms with Crippen LogP contribution in [0.2, 0.25) is 0 Å². The van der Waals surface area contributed by atoms with Crippen molar-refractivity contribution >= 4 is 27.3 Å². The lowest BCUT2D eigenvalue weighted by Crippen LogP contribution is -2.36. The third kappa shape index (κ3) is 5.08. The minimum Gasteiger partial charge on any atom is -0.370 e. The molecule has 2 fully saturated rings. The summed E-state index contributed by atoms with van der Waals surface area (Å²) in [7, 11) is -3.63. The fourth-order valence-electron chi connectivity index (χ4n) is 4.68. The molecule has 2 aliphatic heterocycles. The van der Waals surface area contributed by atoms with Crippen LogP contribution in [-0.4, -0.2) is 59.8 Å². The Morgan fingerprint density at radius 2 is 1.54 bits per heavy atom. The van der Waals surface area contributed by atoms with Crippen molar-refractivity contribution in [3.63, 3.8) is 0 Å². The first-order valence-corrected chi connectivity index (χ1v) is 13.6. The Morgan fingerprint density at radius 1 is 0.857 bits per heavy atom. The van der Waals surface area contributed by atoms with Crippen LogP contribution in [0.5, 0.6) is 0 Å². The van der Waals surface area contributed by atoms with Crippen molar-refractivity contribution < 1.29 is 13.2 Å². The van der Waals surface area contributed by atoms with Crippen LogP contribution in [0.3, 0.4) is 0 Å². The van der Waals surface area contributed by atoms with E-state index in [4.69, 9.17) is 0 Å². The SMILES string of the molecule is O=C(Nc1cc(S(=O)(=O)N2CCCCC2)ccc1N1CCCCC1)c1cnn(-c2ccccc2)n1. The van der Waals surface area contributed by atoms with Gasteiger partial charge in [-0.3, -0.25) is 4.79 Å². The Morgan fingerprint density at radius 3 is 2.26 bits per heavy atom. The average Bonchev–Trinajstić information content (AvgIpc) is 3.41. The summed E-state index contributed by atoms with van der Waals surface area (Å²) in [5.41, 5.74) is 2.20. The number of amides is 1. The van der Waals surface area contributed by atoms with Gasteiger partial charge in [0.05, 0.1) is 28.2 Å². The van der Waals surface area contributed by atoms with Gasteiger partial charge in [0.1, 0.15) is 0 Å². The minimum absolute atomic E-state index is 0.155. The number of sulfonamides is 1. The lowest BCUT2D eigenvalue weighted by atomic mass is 10.1. The first-order valence-electron chi connectivity index (χ1n) is 12.2. The Labute approximate surface area is 205 Å². The van der Waals surface area contributed by atoms with E-state index in [0.717, 1.165) is 56.6 Å². The third-order valence-corrected chi connectivity index (χ3v) is 8.47. The molecule has 184 valence electrons. The third-order valence-electron chi connectivity index (χ3n) is 6.58. The number of para-hydroxylation sites is 1. The van der Waals surface area contributed by atoms with Crippen LogP contribution in [0.4, 0.5) is 11.4 Å². The lowest BCUT2D eigenvalue weighted by Gasteiger charge is -2.31. The van der Waals surface area contributed by atoms with Crippen LogP contribution in [0.15, 0.2) is 59.6 Å². The van der Waals surface area contributed by atoms with Crippen molar-refractivity contribution in [2.45, 2.75) is 43.4 Å². The molecule has 35 heavy (non-hydrogen) atoms. The van der Waals surface area contributed by atoms with Crippen molar-refractivity contribution in [2.24, 2.45) is 0 Å². The number of aromatic nitrogens is 3. The summed E-state index contributed by atoms with van der Waals surface area (Å²) in [4.78, 5) is 17.0. The first kappa shape index (κ1) is 23.5. The highest BCUT2D eigenvalue weighted by Crippen LogP contribution is 2.33. The van der Waals surface area contributed by atoms with Gasteiger partial charge in [0.2, 0.25) is 10.0 Å². The molecule has 3 aromatic rings. The zero-order valence-corrected chi connectivity index (χ0v) is 20.5. The van der Waals surface area contributed by atoms with Gasteiger partial charge in [-0.2, -0.15) is 14.2 Å². The van der Waals surface area contributed by atoms with E-state index in [0.29, 0.717) is 18.8 Å². The minimum atomic E-state index is -3.63. The highest BCUT2D eigenvalue weighted by Gasteiger charge is 2.28. The maximum Gasteiger partial charge on any atom is 0.277 e. The van der Waals surface area contributed by atoms with Gasteiger partial charge in [-0.25, -0.2) is 8.42 Å². The number of anilines is 2. The summed E-state index contributed by atoms with van der Waals surface area (Å²) in [5, 5.41) is 11.5. The molecule has 0 spiro atoms. The normalized spacial score (nSPS) is 17.3. The number of carbonyl (C=O) groups is 1. The van der Waals surface area contributed by atoms with Crippen molar-refractivity contribution in [2.75, 3.05) is 36.4 Å². The fraction of sp³-hybridized carbons (Fsp3) is 0.400. The molecule has 0 bridgehead atoms. The first-order chi connectivity index (χ1) is 17.0. The van der Waals surface area contributed by atoms with E-state index in [-0.39, 0.29) is 10.6 Å². The molecule has 2 saturated heterocycles. The molecule has 2 aromatic carbocycles. The lowest BCUT2D eigenvalue weighted by molar-refractivity contribution is 0.102. The summed E-state index contributed by atoms with van der Waals surface area (Å²) in [6, 6.07) is 14.4. The molecule has 1 N–H and O–H groups in total. The molecule has 0 aliphatic carbocycles. The van der Waals surface area contributed by atoms with Gasteiger partial charge in [-0.15, -0.1) is 5.10 Å². The number of nitrogens with one attached hydrogen (secondary N) is 1.